The summed E-state index contributed by atoms with van der Waals surface area (Å²) in [6.07, 6.45) is 1.53. The van der Waals surface area contributed by atoms with Crippen LogP contribution in [0.1, 0.15) is 42.3 Å². The lowest BCUT2D eigenvalue weighted by atomic mass is 10.0. The van der Waals surface area contributed by atoms with Crippen LogP contribution < -0.4 is 0 Å². The van der Waals surface area contributed by atoms with E-state index >= 15 is 0 Å². The number of aryl methyl sites for hydroxylation is 2. The van der Waals surface area contributed by atoms with E-state index in [1.165, 1.54) is 28.3 Å². The summed E-state index contributed by atoms with van der Waals surface area (Å²) in [5, 5.41) is 8.35. The van der Waals surface area contributed by atoms with Gasteiger partial charge in [0.1, 0.15) is 0 Å². The summed E-state index contributed by atoms with van der Waals surface area (Å²) in [6, 6.07) is 8.83. The second-order valence-electron chi connectivity index (χ2n) is 7.09. The molecule has 3 aromatic rings. The monoisotopic (exact) mass is 446 g/mol. The zero-order chi connectivity index (χ0) is 22.1. The molecular formula is C21H26N4O3S2. The van der Waals surface area contributed by atoms with Gasteiger partial charge in [-0.25, -0.2) is 8.42 Å². The van der Waals surface area contributed by atoms with Crippen LogP contribution in [-0.4, -0.2) is 51.4 Å². The van der Waals surface area contributed by atoms with Gasteiger partial charge in [-0.05, 0) is 50.1 Å². The molecule has 0 saturated heterocycles. The molecule has 0 aliphatic carbocycles. The van der Waals surface area contributed by atoms with E-state index in [0.29, 0.717) is 29.5 Å². The second kappa shape index (κ2) is 8.87. The number of rotatable bonds is 8. The van der Waals surface area contributed by atoms with Crippen LogP contribution in [0.3, 0.4) is 0 Å². The molecule has 0 saturated carbocycles. The topological polar surface area (TPSA) is 84.6 Å². The fourth-order valence-corrected chi connectivity index (χ4v) is 5.50. The summed E-state index contributed by atoms with van der Waals surface area (Å²) in [5.74, 6) is -0.00762. The summed E-state index contributed by atoms with van der Waals surface area (Å²) >= 11 is 1.26. The van der Waals surface area contributed by atoms with Gasteiger partial charge in [0.25, 0.3) is 0 Å². The molecule has 0 N–H and O–H groups in total. The van der Waals surface area contributed by atoms with Gasteiger partial charge in [-0.3, -0.25) is 9.20 Å². The van der Waals surface area contributed by atoms with Crippen LogP contribution in [0, 0.1) is 13.8 Å². The SMILES string of the molecule is CCN(CC)S(=O)(=O)c1ccc2nnc(SC(C)C(=O)c3ccc(C)c(C)c3)n2c1. The van der Waals surface area contributed by atoms with Gasteiger partial charge in [0, 0.05) is 24.8 Å². The minimum Gasteiger partial charge on any atom is -0.293 e. The minimum absolute atomic E-state index is 0.00762. The summed E-state index contributed by atoms with van der Waals surface area (Å²) in [7, 11) is -3.60. The van der Waals surface area contributed by atoms with Crippen molar-refractivity contribution in [3.8, 4) is 0 Å². The van der Waals surface area contributed by atoms with E-state index in [2.05, 4.69) is 10.2 Å². The second-order valence-corrected chi connectivity index (χ2v) is 10.3. The Hall–Kier alpha value is -2.23. The highest BCUT2D eigenvalue weighted by Gasteiger charge is 2.24. The first-order valence-electron chi connectivity index (χ1n) is 9.82. The van der Waals surface area contributed by atoms with Crippen molar-refractivity contribution in [2.24, 2.45) is 0 Å². The molecule has 0 fully saturated rings. The number of sulfonamides is 1. The molecule has 7 nitrogen and oxygen atoms in total. The van der Waals surface area contributed by atoms with Gasteiger partial charge in [-0.1, -0.05) is 37.7 Å². The third-order valence-corrected chi connectivity index (χ3v) is 8.22. The Bertz CT molecular complexity index is 1180. The van der Waals surface area contributed by atoms with Crippen molar-refractivity contribution in [2.75, 3.05) is 13.1 Å². The van der Waals surface area contributed by atoms with Crippen molar-refractivity contribution in [1.82, 2.24) is 18.9 Å². The maximum absolute atomic E-state index is 12.9. The van der Waals surface area contributed by atoms with E-state index in [9.17, 15) is 13.2 Å². The average molecular weight is 447 g/mol. The zero-order valence-corrected chi connectivity index (χ0v) is 19.4. The van der Waals surface area contributed by atoms with Crippen molar-refractivity contribution < 1.29 is 13.2 Å². The van der Waals surface area contributed by atoms with Crippen LogP contribution in [0.2, 0.25) is 0 Å². The molecule has 2 heterocycles. The highest BCUT2D eigenvalue weighted by Crippen LogP contribution is 2.27. The summed E-state index contributed by atoms with van der Waals surface area (Å²) in [5.41, 5.74) is 3.38. The normalized spacial score (nSPS) is 13.1. The standard InChI is InChI=1S/C21H26N4O3S2/c1-6-24(7-2)30(27,28)18-10-11-19-22-23-21(25(19)13-18)29-16(5)20(26)17-9-8-14(3)15(4)12-17/h8-13,16H,6-7H2,1-5H3. The van der Waals surface area contributed by atoms with Crippen molar-refractivity contribution in [3.63, 3.8) is 0 Å². The molecule has 160 valence electrons. The van der Waals surface area contributed by atoms with Gasteiger partial charge in [-0.15, -0.1) is 10.2 Å². The molecule has 1 atom stereocenters. The summed E-state index contributed by atoms with van der Waals surface area (Å²) in [6.45, 7) is 10.2. The lowest BCUT2D eigenvalue weighted by molar-refractivity contribution is 0.0993. The number of aromatic nitrogens is 3. The highest BCUT2D eigenvalue weighted by molar-refractivity contribution is 8.00. The Morgan fingerprint density at radius 1 is 1.10 bits per heavy atom. The molecule has 1 unspecified atom stereocenters. The number of hydrogen-bond donors (Lipinski definition) is 0. The van der Waals surface area contributed by atoms with E-state index < -0.39 is 15.3 Å². The van der Waals surface area contributed by atoms with Crippen molar-refractivity contribution in [3.05, 3.63) is 53.2 Å². The number of carbonyl (C=O) groups is 1. The number of ketones is 1. The van der Waals surface area contributed by atoms with E-state index in [0.717, 1.165) is 11.1 Å². The molecule has 0 amide bonds. The van der Waals surface area contributed by atoms with Crippen LogP contribution in [-0.2, 0) is 10.0 Å². The molecular weight excluding hydrogens is 420 g/mol. The molecule has 30 heavy (non-hydrogen) atoms. The van der Waals surface area contributed by atoms with Gasteiger partial charge in [0.15, 0.2) is 16.6 Å². The van der Waals surface area contributed by atoms with Crippen LogP contribution in [0.4, 0.5) is 0 Å². The van der Waals surface area contributed by atoms with Crippen LogP contribution >= 0.6 is 11.8 Å². The number of Topliss-reactive ketones (excluding diaryl/α,β-unsaturated/α-hetero) is 1. The van der Waals surface area contributed by atoms with Crippen LogP contribution in [0.15, 0.2) is 46.6 Å². The van der Waals surface area contributed by atoms with Crippen LogP contribution in [0.25, 0.3) is 5.65 Å². The summed E-state index contributed by atoms with van der Waals surface area (Å²) in [4.78, 5) is 13.1. The minimum atomic E-state index is -3.60. The Morgan fingerprint density at radius 3 is 2.43 bits per heavy atom. The Labute approximate surface area is 181 Å². The Morgan fingerprint density at radius 2 is 1.80 bits per heavy atom. The van der Waals surface area contributed by atoms with Gasteiger partial charge in [0.05, 0.1) is 10.1 Å². The summed E-state index contributed by atoms with van der Waals surface area (Å²) < 4.78 is 28.7. The Balaban J connectivity index is 1.91. The maximum atomic E-state index is 12.9. The zero-order valence-electron chi connectivity index (χ0n) is 17.8. The molecule has 0 aliphatic heterocycles. The molecule has 0 radical (unpaired) electrons. The lowest BCUT2D eigenvalue weighted by Gasteiger charge is -2.18. The Kier molecular flexibility index (Phi) is 6.64. The first kappa shape index (κ1) is 22.5. The van der Waals surface area contributed by atoms with E-state index in [-0.39, 0.29) is 10.7 Å². The van der Waals surface area contributed by atoms with E-state index in [1.807, 2.05) is 39.0 Å². The number of fused-ring (bicyclic) bond motifs is 1. The average Bonchev–Trinajstić information content (AvgIpc) is 3.12. The molecule has 2 aromatic heterocycles. The smallest absolute Gasteiger partial charge is 0.244 e. The molecule has 1 aromatic carbocycles. The number of hydrogen-bond acceptors (Lipinski definition) is 6. The number of nitrogens with zero attached hydrogens (tertiary/aromatic N) is 4. The van der Waals surface area contributed by atoms with Gasteiger partial charge in [0.2, 0.25) is 10.0 Å². The molecule has 0 bridgehead atoms. The number of carbonyl (C=O) groups excluding carboxylic acids is 1. The first-order valence-corrected chi connectivity index (χ1v) is 12.1. The molecule has 9 heteroatoms. The quantitative estimate of drug-likeness (QED) is 0.387. The largest absolute Gasteiger partial charge is 0.293 e. The fourth-order valence-electron chi connectivity index (χ4n) is 3.14. The molecule has 3 rings (SSSR count). The molecule has 0 spiro atoms. The fraction of sp³-hybridized carbons (Fsp3) is 0.381. The number of pyridine rings is 1. The third kappa shape index (κ3) is 4.28. The third-order valence-electron chi connectivity index (χ3n) is 5.13. The van der Waals surface area contributed by atoms with Crippen molar-refractivity contribution >= 4 is 33.2 Å². The van der Waals surface area contributed by atoms with Gasteiger partial charge >= 0.3 is 0 Å². The number of thioether (sulfide) groups is 1. The van der Waals surface area contributed by atoms with Crippen LogP contribution in [0.5, 0.6) is 0 Å². The van der Waals surface area contributed by atoms with Gasteiger partial charge in [-0.2, -0.15) is 4.31 Å². The van der Waals surface area contributed by atoms with Gasteiger partial charge < -0.3 is 0 Å². The number of benzene rings is 1. The van der Waals surface area contributed by atoms with E-state index in [4.69, 9.17) is 0 Å². The predicted molar refractivity (Wildman–Crippen MR) is 119 cm³/mol. The predicted octanol–water partition coefficient (Wildman–Crippen LogP) is 3.74. The van der Waals surface area contributed by atoms with Crippen molar-refractivity contribution in [2.45, 2.75) is 49.9 Å². The highest BCUT2D eigenvalue weighted by atomic mass is 32.2. The maximum Gasteiger partial charge on any atom is 0.244 e. The lowest BCUT2D eigenvalue weighted by Crippen LogP contribution is -2.30. The molecule has 0 aliphatic rings. The van der Waals surface area contributed by atoms with E-state index in [1.54, 1.807) is 24.3 Å². The first-order chi connectivity index (χ1) is 14.2. The van der Waals surface area contributed by atoms with Crippen molar-refractivity contribution in [1.29, 1.82) is 0 Å².